The van der Waals surface area contributed by atoms with Crippen molar-refractivity contribution in [1.29, 1.82) is 0 Å². The fourth-order valence-corrected chi connectivity index (χ4v) is 3.73. The van der Waals surface area contributed by atoms with Crippen molar-refractivity contribution in [2.24, 2.45) is 10.2 Å². The second kappa shape index (κ2) is 10.4. The number of rotatable bonds is 8. The first kappa shape index (κ1) is 24.6. The van der Waals surface area contributed by atoms with Gasteiger partial charge in [0.15, 0.2) is 11.4 Å². The number of phenols is 1. The van der Waals surface area contributed by atoms with Gasteiger partial charge in [-0.2, -0.15) is 23.3 Å². The normalized spacial score (nSPS) is 11.6. The lowest BCUT2D eigenvalue weighted by atomic mass is 10.1. The van der Waals surface area contributed by atoms with Gasteiger partial charge in [-0.3, -0.25) is 9.35 Å². The van der Waals surface area contributed by atoms with Crippen LogP contribution in [0.5, 0.6) is 11.6 Å². The first-order valence-electron chi connectivity index (χ1n) is 10.6. The van der Waals surface area contributed by atoms with Gasteiger partial charge in [0, 0.05) is 6.54 Å². The Bertz CT molecular complexity index is 1500. The Labute approximate surface area is 206 Å². The van der Waals surface area contributed by atoms with Gasteiger partial charge in [-0.25, -0.2) is 0 Å². The minimum Gasteiger partial charge on any atom is -0.508 e. The second-order valence-electron chi connectivity index (χ2n) is 7.61. The lowest BCUT2D eigenvalue weighted by Gasteiger charge is -2.04. The maximum absolute atomic E-state index is 13.0. The van der Waals surface area contributed by atoms with Gasteiger partial charge in [-0.15, -0.1) is 5.11 Å². The predicted molar refractivity (Wildman–Crippen MR) is 130 cm³/mol. The van der Waals surface area contributed by atoms with Crippen LogP contribution in [0.15, 0.2) is 94.0 Å². The van der Waals surface area contributed by atoms with Crippen molar-refractivity contribution in [2.75, 3.05) is 6.54 Å². The van der Waals surface area contributed by atoms with Crippen molar-refractivity contribution in [1.82, 2.24) is 15.1 Å². The molecule has 1 aromatic heterocycles. The number of aromatic hydroxyl groups is 2. The zero-order valence-corrected chi connectivity index (χ0v) is 19.5. The summed E-state index contributed by atoms with van der Waals surface area (Å²) >= 11 is 0. The Morgan fingerprint density at radius 2 is 1.58 bits per heavy atom. The summed E-state index contributed by atoms with van der Waals surface area (Å²) in [6.45, 7) is 0.246. The Morgan fingerprint density at radius 3 is 2.22 bits per heavy atom. The third-order valence-electron chi connectivity index (χ3n) is 5.09. The zero-order valence-electron chi connectivity index (χ0n) is 18.7. The molecule has 0 bridgehead atoms. The molecule has 11 nitrogen and oxygen atoms in total. The van der Waals surface area contributed by atoms with Gasteiger partial charge in [-0.05, 0) is 60.5 Å². The highest BCUT2D eigenvalue weighted by molar-refractivity contribution is 7.85. The molecule has 1 heterocycles. The standard InChI is InChI=1S/C24H21N5O6S/c30-19-10-6-16(7-11-19)14-15-25-23(31)21-22(27-26-17-4-2-1-3-5-17)24(32)29(28-21)18-8-12-20(13-9-18)36(33,34)35/h1-13,30,32H,14-15H2,(H,25,31)(H,33,34,35)/b27-26+. The van der Waals surface area contributed by atoms with E-state index in [-0.39, 0.29) is 34.3 Å². The molecule has 0 radical (unpaired) electrons. The molecule has 0 fully saturated rings. The molecular weight excluding hydrogens is 486 g/mol. The van der Waals surface area contributed by atoms with Gasteiger partial charge in [0.05, 0.1) is 16.3 Å². The van der Waals surface area contributed by atoms with Crippen LogP contribution in [-0.4, -0.2) is 45.4 Å². The van der Waals surface area contributed by atoms with Gasteiger partial charge in [-0.1, -0.05) is 30.3 Å². The molecule has 0 aliphatic carbocycles. The van der Waals surface area contributed by atoms with Gasteiger partial charge < -0.3 is 15.5 Å². The van der Waals surface area contributed by atoms with E-state index < -0.39 is 21.9 Å². The third-order valence-corrected chi connectivity index (χ3v) is 5.96. The number of carbonyl (C=O) groups excluding carboxylic acids is 1. The summed E-state index contributed by atoms with van der Waals surface area (Å²) in [5, 5.41) is 35.2. The Balaban J connectivity index is 1.63. The number of nitrogens with one attached hydrogen (secondary N) is 1. The van der Waals surface area contributed by atoms with Crippen LogP contribution in [0.25, 0.3) is 5.69 Å². The number of aromatic nitrogens is 2. The zero-order chi connectivity index (χ0) is 25.7. The largest absolute Gasteiger partial charge is 0.508 e. The highest BCUT2D eigenvalue weighted by Gasteiger charge is 2.24. The SMILES string of the molecule is O=C(NCCc1ccc(O)cc1)c1nn(-c2ccc(S(=O)(=O)O)cc2)c(O)c1/N=N/c1ccccc1. The van der Waals surface area contributed by atoms with Gasteiger partial charge in [0.2, 0.25) is 5.88 Å². The van der Waals surface area contributed by atoms with E-state index in [0.717, 1.165) is 22.4 Å². The molecule has 0 saturated carbocycles. The maximum atomic E-state index is 13.0. The fraction of sp³-hybridized carbons (Fsp3) is 0.0833. The minimum atomic E-state index is -4.41. The first-order valence-corrected chi connectivity index (χ1v) is 12.1. The molecule has 4 aromatic rings. The molecule has 4 N–H and O–H groups in total. The van der Waals surface area contributed by atoms with E-state index in [1.165, 1.54) is 12.1 Å². The molecule has 36 heavy (non-hydrogen) atoms. The molecule has 1 amide bonds. The number of azo groups is 1. The molecule has 184 valence electrons. The molecule has 0 aliphatic rings. The Morgan fingerprint density at radius 1 is 0.917 bits per heavy atom. The number of benzene rings is 3. The van der Waals surface area contributed by atoms with E-state index in [0.29, 0.717) is 12.1 Å². The molecular formula is C24H21N5O6S. The molecule has 3 aromatic carbocycles. The molecule has 4 rings (SSSR count). The summed E-state index contributed by atoms with van der Waals surface area (Å²) in [4.78, 5) is 12.6. The topological polar surface area (TPSA) is 166 Å². The molecule has 0 saturated heterocycles. The van der Waals surface area contributed by atoms with Gasteiger partial charge in [0.1, 0.15) is 5.75 Å². The van der Waals surface area contributed by atoms with Crippen LogP contribution < -0.4 is 5.32 Å². The number of hydrogen-bond donors (Lipinski definition) is 4. The highest BCUT2D eigenvalue weighted by atomic mass is 32.2. The summed E-state index contributed by atoms with van der Waals surface area (Å²) in [5.41, 5.74) is 1.22. The molecule has 0 unspecified atom stereocenters. The van der Waals surface area contributed by atoms with Crippen LogP contribution in [0.1, 0.15) is 16.1 Å². The van der Waals surface area contributed by atoms with Crippen LogP contribution in [0, 0.1) is 0 Å². The van der Waals surface area contributed by atoms with Gasteiger partial charge in [0.25, 0.3) is 16.0 Å². The summed E-state index contributed by atoms with van der Waals surface area (Å²) in [6, 6.07) is 20.1. The van der Waals surface area contributed by atoms with Crippen LogP contribution in [-0.2, 0) is 16.5 Å². The van der Waals surface area contributed by atoms with E-state index in [4.69, 9.17) is 0 Å². The quantitative estimate of drug-likeness (QED) is 0.207. The number of hydrogen-bond acceptors (Lipinski definition) is 8. The van der Waals surface area contributed by atoms with Crippen LogP contribution in [0.2, 0.25) is 0 Å². The van der Waals surface area contributed by atoms with Crippen molar-refractivity contribution in [2.45, 2.75) is 11.3 Å². The van der Waals surface area contributed by atoms with Crippen molar-refractivity contribution < 1.29 is 28.0 Å². The lowest BCUT2D eigenvalue weighted by Crippen LogP contribution is -2.26. The first-order chi connectivity index (χ1) is 17.2. The Kier molecular flexibility index (Phi) is 7.08. The third kappa shape index (κ3) is 5.74. The lowest BCUT2D eigenvalue weighted by molar-refractivity contribution is 0.0949. The maximum Gasteiger partial charge on any atom is 0.294 e. The number of nitrogens with zero attached hydrogens (tertiary/aromatic N) is 4. The second-order valence-corrected chi connectivity index (χ2v) is 9.03. The smallest absolute Gasteiger partial charge is 0.294 e. The number of carbonyl (C=O) groups is 1. The summed E-state index contributed by atoms with van der Waals surface area (Å²) in [7, 11) is -4.41. The fourth-order valence-electron chi connectivity index (χ4n) is 3.25. The van der Waals surface area contributed by atoms with Crippen molar-refractivity contribution >= 4 is 27.4 Å². The molecule has 12 heteroatoms. The van der Waals surface area contributed by atoms with E-state index in [1.54, 1.807) is 54.6 Å². The average Bonchev–Trinajstić information content (AvgIpc) is 3.20. The molecule has 0 aliphatic heterocycles. The molecule has 0 spiro atoms. The average molecular weight is 508 g/mol. The van der Waals surface area contributed by atoms with Gasteiger partial charge >= 0.3 is 0 Å². The van der Waals surface area contributed by atoms with Crippen LogP contribution >= 0.6 is 0 Å². The summed E-state index contributed by atoms with van der Waals surface area (Å²) in [5.74, 6) is -0.959. The number of phenolic OH excluding ortho intramolecular Hbond substituents is 1. The number of amides is 1. The highest BCUT2D eigenvalue weighted by Crippen LogP contribution is 2.34. The van der Waals surface area contributed by atoms with Crippen LogP contribution in [0.3, 0.4) is 0 Å². The van der Waals surface area contributed by atoms with E-state index in [9.17, 15) is 28.0 Å². The Hall–Kier alpha value is -4.55. The predicted octanol–water partition coefficient (Wildman–Crippen LogP) is 3.92. The summed E-state index contributed by atoms with van der Waals surface area (Å²) in [6.07, 6.45) is 0.483. The summed E-state index contributed by atoms with van der Waals surface area (Å²) < 4.78 is 32.9. The van der Waals surface area contributed by atoms with E-state index in [2.05, 4.69) is 20.6 Å². The molecule has 0 atom stereocenters. The van der Waals surface area contributed by atoms with Crippen LogP contribution in [0.4, 0.5) is 11.4 Å². The monoisotopic (exact) mass is 507 g/mol. The van der Waals surface area contributed by atoms with Crippen molar-refractivity contribution in [3.8, 4) is 17.3 Å². The van der Waals surface area contributed by atoms with Crippen molar-refractivity contribution in [3.63, 3.8) is 0 Å². The van der Waals surface area contributed by atoms with E-state index in [1.807, 2.05) is 0 Å². The van der Waals surface area contributed by atoms with E-state index >= 15 is 0 Å². The van der Waals surface area contributed by atoms with Crippen molar-refractivity contribution in [3.05, 3.63) is 90.1 Å². The minimum absolute atomic E-state index is 0.141.